The summed E-state index contributed by atoms with van der Waals surface area (Å²) < 4.78 is 0. The van der Waals surface area contributed by atoms with Gasteiger partial charge in [0.25, 0.3) is 5.91 Å². The Morgan fingerprint density at radius 1 is 0.960 bits per heavy atom. The van der Waals surface area contributed by atoms with Crippen molar-refractivity contribution < 1.29 is 20.0 Å². The fourth-order valence-electron chi connectivity index (χ4n) is 1.78. The van der Waals surface area contributed by atoms with Gasteiger partial charge in [0.2, 0.25) is 5.91 Å². The molecule has 0 spiro atoms. The molecule has 8 nitrogen and oxygen atoms in total. The highest BCUT2D eigenvalue weighted by molar-refractivity contribution is 6.71. The molecule has 0 fully saturated rings. The minimum Gasteiger partial charge on any atom is -0.410 e. The molecule has 2 amide bonds. The third-order valence-electron chi connectivity index (χ3n) is 3.08. The molecule has 0 saturated carbocycles. The third kappa shape index (κ3) is 6.24. The standard InChI is InChI=1S/C15H18Cl2N4O4/c1-8(2)14(22)18-3-4-19-15(23)11-6-9(12(16)20-24)5-10(7-11)13(17)21-25/h5-8,24-25H,3-4H2,1-2H3,(H,18,22)(H,19,23)/b20-12-,21-13-. The molecule has 1 rings (SSSR count). The van der Waals surface area contributed by atoms with E-state index in [4.69, 9.17) is 33.6 Å². The van der Waals surface area contributed by atoms with Gasteiger partial charge in [-0.05, 0) is 18.2 Å². The predicted molar refractivity (Wildman–Crippen MR) is 95.0 cm³/mol. The SMILES string of the molecule is CC(C)C(=O)NCCNC(=O)c1cc(/C(Cl)=N/O)cc(/C(Cl)=N/O)c1. The molecule has 0 aliphatic heterocycles. The summed E-state index contributed by atoms with van der Waals surface area (Å²) in [6, 6.07) is 4.16. The Bertz CT molecular complexity index is 669. The molecule has 0 aliphatic carbocycles. The summed E-state index contributed by atoms with van der Waals surface area (Å²) in [6.45, 7) is 4.01. The molecule has 0 heterocycles. The number of amides is 2. The molecule has 1 aromatic rings. The van der Waals surface area contributed by atoms with Crippen LogP contribution in [0.2, 0.25) is 0 Å². The van der Waals surface area contributed by atoms with E-state index in [1.165, 1.54) is 18.2 Å². The van der Waals surface area contributed by atoms with E-state index in [9.17, 15) is 9.59 Å². The van der Waals surface area contributed by atoms with Crippen LogP contribution in [0.25, 0.3) is 0 Å². The summed E-state index contributed by atoms with van der Waals surface area (Å²) >= 11 is 11.5. The molecule has 25 heavy (non-hydrogen) atoms. The summed E-state index contributed by atoms with van der Waals surface area (Å²) in [5.74, 6) is -0.725. The van der Waals surface area contributed by atoms with E-state index >= 15 is 0 Å². The van der Waals surface area contributed by atoms with Gasteiger partial charge in [-0.25, -0.2) is 0 Å². The fourth-order valence-corrected chi connectivity index (χ4v) is 2.00. The number of hydrogen-bond acceptors (Lipinski definition) is 6. The lowest BCUT2D eigenvalue weighted by Crippen LogP contribution is -2.36. The number of hydrogen-bond donors (Lipinski definition) is 4. The maximum atomic E-state index is 12.2. The zero-order chi connectivity index (χ0) is 19.0. The van der Waals surface area contributed by atoms with Gasteiger partial charge in [-0.3, -0.25) is 9.59 Å². The Hall–Kier alpha value is -2.32. The molecule has 0 aromatic heterocycles. The minimum atomic E-state index is -0.466. The van der Waals surface area contributed by atoms with Gasteiger partial charge in [0.15, 0.2) is 10.3 Å². The Morgan fingerprint density at radius 3 is 1.84 bits per heavy atom. The molecule has 0 atom stereocenters. The van der Waals surface area contributed by atoms with Crippen molar-refractivity contribution in [2.75, 3.05) is 13.1 Å². The van der Waals surface area contributed by atoms with Crippen LogP contribution in [-0.4, -0.2) is 45.7 Å². The van der Waals surface area contributed by atoms with Gasteiger partial charge in [-0.2, -0.15) is 0 Å². The smallest absolute Gasteiger partial charge is 0.251 e. The van der Waals surface area contributed by atoms with Gasteiger partial charge in [-0.1, -0.05) is 47.4 Å². The van der Waals surface area contributed by atoms with Gasteiger partial charge in [-0.15, -0.1) is 0 Å². The van der Waals surface area contributed by atoms with Crippen LogP contribution in [0.1, 0.15) is 35.3 Å². The van der Waals surface area contributed by atoms with Crippen LogP contribution in [-0.2, 0) is 4.79 Å². The Balaban J connectivity index is 2.88. The lowest BCUT2D eigenvalue weighted by atomic mass is 10.1. The number of carbonyl (C=O) groups is 2. The third-order valence-corrected chi connectivity index (χ3v) is 3.67. The normalized spacial score (nSPS) is 12.2. The maximum absolute atomic E-state index is 12.2. The van der Waals surface area contributed by atoms with E-state index in [0.717, 1.165) is 0 Å². The molecule has 0 bridgehead atoms. The average Bonchev–Trinajstić information content (AvgIpc) is 2.62. The summed E-state index contributed by atoms with van der Waals surface area (Å²) in [5, 5.41) is 28.0. The van der Waals surface area contributed by atoms with E-state index in [1.54, 1.807) is 13.8 Å². The van der Waals surface area contributed by atoms with E-state index in [-0.39, 0.29) is 51.9 Å². The molecule has 10 heteroatoms. The monoisotopic (exact) mass is 388 g/mol. The topological polar surface area (TPSA) is 123 Å². The molecule has 1 aromatic carbocycles. The molecular formula is C15H18Cl2N4O4. The predicted octanol–water partition coefficient (Wildman–Crippen LogP) is 1.94. The van der Waals surface area contributed by atoms with Gasteiger partial charge in [0.1, 0.15) is 0 Å². The van der Waals surface area contributed by atoms with E-state index < -0.39 is 5.91 Å². The second-order valence-corrected chi connectivity index (χ2v) is 6.00. The number of oxime groups is 2. The Labute approximate surface area is 154 Å². The van der Waals surface area contributed by atoms with Crippen LogP contribution in [0.5, 0.6) is 0 Å². The highest BCUT2D eigenvalue weighted by Gasteiger charge is 2.14. The van der Waals surface area contributed by atoms with Crippen molar-refractivity contribution in [3.05, 3.63) is 34.9 Å². The summed E-state index contributed by atoms with van der Waals surface area (Å²) in [6.07, 6.45) is 0. The van der Waals surface area contributed by atoms with Crippen molar-refractivity contribution in [3.8, 4) is 0 Å². The molecule has 4 N–H and O–H groups in total. The van der Waals surface area contributed by atoms with Crippen molar-refractivity contribution in [3.63, 3.8) is 0 Å². The number of rotatable bonds is 7. The first-order valence-electron chi connectivity index (χ1n) is 7.27. The quantitative estimate of drug-likeness (QED) is 0.246. The number of nitrogens with one attached hydrogen (secondary N) is 2. The van der Waals surface area contributed by atoms with Crippen molar-refractivity contribution >= 4 is 45.4 Å². The fraction of sp³-hybridized carbons (Fsp3) is 0.333. The Kier molecular flexibility index (Phi) is 8.17. The van der Waals surface area contributed by atoms with Gasteiger partial charge < -0.3 is 21.0 Å². The van der Waals surface area contributed by atoms with Crippen LogP contribution < -0.4 is 10.6 Å². The number of carbonyl (C=O) groups excluding carboxylic acids is 2. The van der Waals surface area contributed by atoms with Crippen molar-refractivity contribution in [2.24, 2.45) is 16.2 Å². The van der Waals surface area contributed by atoms with E-state index in [1.807, 2.05) is 0 Å². The Morgan fingerprint density at radius 2 is 1.40 bits per heavy atom. The second kappa shape index (κ2) is 9.85. The first kappa shape index (κ1) is 20.7. The molecular weight excluding hydrogens is 371 g/mol. The second-order valence-electron chi connectivity index (χ2n) is 5.28. The number of benzene rings is 1. The van der Waals surface area contributed by atoms with Crippen LogP contribution in [0.3, 0.4) is 0 Å². The first-order valence-corrected chi connectivity index (χ1v) is 8.02. The van der Waals surface area contributed by atoms with E-state index in [2.05, 4.69) is 20.9 Å². The maximum Gasteiger partial charge on any atom is 0.251 e. The van der Waals surface area contributed by atoms with Crippen LogP contribution in [0.4, 0.5) is 0 Å². The van der Waals surface area contributed by atoms with Crippen LogP contribution >= 0.6 is 23.2 Å². The van der Waals surface area contributed by atoms with Crippen LogP contribution in [0.15, 0.2) is 28.5 Å². The van der Waals surface area contributed by atoms with Gasteiger partial charge in [0.05, 0.1) is 0 Å². The van der Waals surface area contributed by atoms with E-state index in [0.29, 0.717) is 0 Å². The lowest BCUT2D eigenvalue weighted by Gasteiger charge is -2.10. The largest absolute Gasteiger partial charge is 0.410 e. The number of halogens is 2. The molecule has 0 unspecified atom stereocenters. The van der Waals surface area contributed by atoms with Crippen molar-refractivity contribution in [1.82, 2.24) is 10.6 Å². The van der Waals surface area contributed by atoms with Crippen LogP contribution in [0, 0.1) is 5.92 Å². The summed E-state index contributed by atoms with van der Waals surface area (Å²) in [7, 11) is 0. The summed E-state index contributed by atoms with van der Waals surface area (Å²) in [5.41, 5.74) is 0.578. The molecule has 136 valence electrons. The van der Waals surface area contributed by atoms with Gasteiger partial charge >= 0.3 is 0 Å². The minimum absolute atomic E-state index is 0.115. The first-order chi connectivity index (χ1) is 11.8. The zero-order valence-electron chi connectivity index (χ0n) is 13.6. The van der Waals surface area contributed by atoms with Crippen molar-refractivity contribution in [1.29, 1.82) is 0 Å². The van der Waals surface area contributed by atoms with Crippen molar-refractivity contribution in [2.45, 2.75) is 13.8 Å². The lowest BCUT2D eigenvalue weighted by molar-refractivity contribution is -0.123. The molecule has 0 saturated heterocycles. The molecule has 0 radical (unpaired) electrons. The van der Waals surface area contributed by atoms with Gasteiger partial charge in [0, 0.05) is 35.7 Å². The zero-order valence-corrected chi connectivity index (χ0v) is 15.1. The highest BCUT2D eigenvalue weighted by Crippen LogP contribution is 2.16. The number of nitrogens with zero attached hydrogens (tertiary/aromatic N) is 2. The highest BCUT2D eigenvalue weighted by atomic mass is 35.5. The summed E-state index contributed by atoms with van der Waals surface area (Å²) in [4.78, 5) is 23.7. The average molecular weight is 389 g/mol. The molecule has 0 aliphatic rings.